The van der Waals surface area contributed by atoms with Gasteiger partial charge in [-0.3, -0.25) is 0 Å². The van der Waals surface area contributed by atoms with Crippen LogP contribution in [0.3, 0.4) is 0 Å². The molecule has 228 valence electrons. The molecule has 0 aliphatic carbocycles. The van der Waals surface area contributed by atoms with E-state index in [4.69, 9.17) is 8.83 Å². The largest absolute Gasteiger partial charge is 0.464 e. The second kappa shape index (κ2) is 9.96. The smallest absolute Gasteiger partial charge is 0.142 e. The van der Waals surface area contributed by atoms with E-state index in [9.17, 15) is 0 Å². The SMILES string of the molecule is c1ccc(-n2c3ccccc3c3ccc(-c4c5ccccc5c(-c5cc6oc7ccccc7c6c6ccoc56)c5ccccc45)cc32)cc1. The van der Waals surface area contributed by atoms with Crippen molar-refractivity contribution in [2.45, 2.75) is 0 Å². The van der Waals surface area contributed by atoms with Crippen LogP contribution in [0.5, 0.6) is 0 Å². The molecule has 0 radical (unpaired) electrons. The van der Waals surface area contributed by atoms with Crippen molar-refractivity contribution in [3.8, 4) is 27.9 Å². The van der Waals surface area contributed by atoms with E-state index in [1.165, 1.54) is 54.5 Å². The number of benzene rings is 8. The molecule has 0 N–H and O–H groups in total. The zero-order valence-corrected chi connectivity index (χ0v) is 26.4. The molecule has 0 saturated carbocycles. The second-order valence-corrected chi connectivity index (χ2v) is 12.8. The molecule has 0 saturated heterocycles. The molecule has 0 bridgehead atoms. The van der Waals surface area contributed by atoms with E-state index in [1.807, 2.05) is 12.1 Å². The summed E-state index contributed by atoms with van der Waals surface area (Å²) in [6.45, 7) is 0. The maximum atomic E-state index is 6.48. The summed E-state index contributed by atoms with van der Waals surface area (Å²) in [7, 11) is 0. The first-order chi connectivity index (χ1) is 24.3. The van der Waals surface area contributed by atoms with Crippen LogP contribution in [-0.2, 0) is 0 Å². The van der Waals surface area contributed by atoms with Gasteiger partial charge >= 0.3 is 0 Å². The maximum absolute atomic E-state index is 6.48. The van der Waals surface area contributed by atoms with Gasteiger partial charge in [-0.05, 0) is 75.1 Å². The molecule has 0 amide bonds. The highest BCUT2D eigenvalue weighted by Gasteiger charge is 2.23. The lowest BCUT2D eigenvalue weighted by atomic mass is 9.85. The summed E-state index contributed by atoms with van der Waals surface area (Å²) >= 11 is 0. The van der Waals surface area contributed by atoms with Gasteiger partial charge in [0.2, 0.25) is 0 Å². The summed E-state index contributed by atoms with van der Waals surface area (Å²) in [5, 5.41) is 10.5. The van der Waals surface area contributed by atoms with Crippen molar-refractivity contribution in [1.82, 2.24) is 4.57 Å². The molecule has 3 aromatic heterocycles. The standard InChI is InChI=1S/C46H27NO2/c1-2-12-29(13-3-1)47-39-20-10-8-14-30(39)31-23-22-28(26-40(31)47)43-32-15-4-6-17-34(32)44(35-18-7-5-16-33(35)43)38-27-42-45(37-24-25-48-46(37)38)36-19-9-11-21-41(36)49-42/h1-27H. The monoisotopic (exact) mass is 625 g/mol. The van der Waals surface area contributed by atoms with Gasteiger partial charge in [-0.25, -0.2) is 0 Å². The van der Waals surface area contributed by atoms with Crippen LogP contribution in [0.15, 0.2) is 173 Å². The minimum Gasteiger partial charge on any atom is -0.464 e. The summed E-state index contributed by atoms with van der Waals surface area (Å²) in [5.41, 5.74) is 10.7. The van der Waals surface area contributed by atoms with Crippen molar-refractivity contribution in [1.29, 1.82) is 0 Å². The fraction of sp³-hybridized carbons (Fsp3) is 0. The number of hydrogen-bond acceptors (Lipinski definition) is 2. The number of fused-ring (bicyclic) bond motifs is 10. The Kier molecular flexibility index (Phi) is 5.38. The van der Waals surface area contributed by atoms with Crippen molar-refractivity contribution in [3.63, 3.8) is 0 Å². The van der Waals surface area contributed by atoms with Crippen molar-refractivity contribution in [2.75, 3.05) is 0 Å². The molecule has 0 atom stereocenters. The zero-order valence-electron chi connectivity index (χ0n) is 26.4. The number of furan rings is 2. The number of para-hydroxylation sites is 3. The van der Waals surface area contributed by atoms with Crippen LogP contribution in [0.1, 0.15) is 0 Å². The predicted molar refractivity (Wildman–Crippen MR) is 204 cm³/mol. The summed E-state index contributed by atoms with van der Waals surface area (Å²) in [5.74, 6) is 0. The lowest BCUT2D eigenvalue weighted by Gasteiger charge is -2.18. The van der Waals surface area contributed by atoms with Crippen molar-refractivity contribution in [3.05, 3.63) is 164 Å². The third-order valence-corrected chi connectivity index (χ3v) is 10.3. The van der Waals surface area contributed by atoms with Gasteiger partial charge in [0.05, 0.1) is 17.3 Å². The molecule has 0 spiro atoms. The van der Waals surface area contributed by atoms with Gasteiger partial charge in [-0.1, -0.05) is 115 Å². The number of aromatic nitrogens is 1. The Balaban J connectivity index is 1.25. The van der Waals surface area contributed by atoms with Crippen molar-refractivity contribution < 1.29 is 8.83 Å². The minimum absolute atomic E-state index is 0.863. The number of nitrogens with zero attached hydrogens (tertiary/aromatic N) is 1. The van der Waals surface area contributed by atoms with Crippen LogP contribution in [0.4, 0.5) is 0 Å². The molecule has 0 fully saturated rings. The van der Waals surface area contributed by atoms with E-state index in [0.29, 0.717) is 0 Å². The highest BCUT2D eigenvalue weighted by molar-refractivity contribution is 6.27. The van der Waals surface area contributed by atoms with Gasteiger partial charge < -0.3 is 13.4 Å². The second-order valence-electron chi connectivity index (χ2n) is 12.8. The fourth-order valence-corrected chi connectivity index (χ4v) is 8.25. The molecule has 3 nitrogen and oxygen atoms in total. The van der Waals surface area contributed by atoms with E-state index in [1.54, 1.807) is 6.26 Å². The van der Waals surface area contributed by atoms with Gasteiger partial charge in [-0.2, -0.15) is 0 Å². The first-order valence-corrected chi connectivity index (χ1v) is 16.7. The highest BCUT2D eigenvalue weighted by atomic mass is 16.3. The Morgan fingerprint density at radius 3 is 1.78 bits per heavy atom. The first-order valence-electron chi connectivity index (χ1n) is 16.7. The van der Waals surface area contributed by atoms with Gasteiger partial charge in [0.15, 0.2) is 0 Å². The lowest BCUT2D eigenvalue weighted by molar-refractivity contribution is 0.616. The molecular formula is C46H27NO2. The Labute approximate surface area is 280 Å². The molecule has 11 aromatic rings. The van der Waals surface area contributed by atoms with E-state index in [0.717, 1.165) is 49.7 Å². The van der Waals surface area contributed by atoms with E-state index in [2.05, 4.69) is 150 Å². The Hall–Kier alpha value is -6.58. The molecule has 49 heavy (non-hydrogen) atoms. The summed E-state index contributed by atoms with van der Waals surface area (Å²) in [6.07, 6.45) is 1.80. The quantitative estimate of drug-likeness (QED) is 0.183. The molecule has 0 unspecified atom stereocenters. The average Bonchev–Trinajstić information content (AvgIpc) is 3.88. The topological polar surface area (TPSA) is 31.2 Å². The Morgan fingerprint density at radius 2 is 1.02 bits per heavy atom. The molecule has 0 aliphatic rings. The van der Waals surface area contributed by atoms with Gasteiger partial charge in [-0.15, -0.1) is 0 Å². The van der Waals surface area contributed by atoms with E-state index in [-0.39, 0.29) is 0 Å². The molecular weight excluding hydrogens is 599 g/mol. The summed E-state index contributed by atoms with van der Waals surface area (Å²) in [4.78, 5) is 0. The van der Waals surface area contributed by atoms with Crippen LogP contribution in [0, 0.1) is 0 Å². The molecule has 0 aliphatic heterocycles. The highest BCUT2D eigenvalue weighted by Crippen LogP contribution is 2.48. The molecule has 3 heterocycles. The van der Waals surface area contributed by atoms with Crippen molar-refractivity contribution in [2.24, 2.45) is 0 Å². The zero-order chi connectivity index (χ0) is 32.1. The minimum atomic E-state index is 0.863. The lowest BCUT2D eigenvalue weighted by Crippen LogP contribution is -1.94. The normalized spacial score (nSPS) is 12.1. The Morgan fingerprint density at radius 1 is 0.408 bits per heavy atom. The molecule has 11 rings (SSSR count). The molecule has 3 heteroatoms. The van der Waals surface area contributed by atoms with Crippen LogP contribution in [0.2, 0.25) is 0 Å². The van der Waals surface area contributed by atoms with Crippen LogP contribution < -0.4 is 0 Å². The number of hydrogen-bond donors (Lipinski definition) is 0. The van der Waals surface area contributed by atoms with Gasteiger partial charge in [0.1, 0.15) is 16.7 Å². The van der Waals surface area contributed by atoms with Crippen LogP contribution in [0.25, 0.3) is 104 Å². The van der Waals surface area contributed by atoms with E-state index < -0.39 is 0 Å². The van der Waals surface area contributed by atoms with Crippen LogP contribution >= 0.6 is 0 Å². The summed E-state index contributed by atoms with van der Waals surface area (Å²) in [6, 6.07) is 56.4. The maximum Gasteiger partial charge on any atom is 0.142 e. The third kappa shape index (κ3) is 3.67. The van der Waals surface area contributed by atoms with Gasteiger partial charge in [0.25, 0.3) is 0 Å². The predicted octanol–water partition coefficient (Wildman–Crippen LogP) is 13.1. The first kappa shape index (κ1) is 26.5. The average molecular weight is 626 g/mol. The van der Waals surface area contributed by atoms with Crippen molar-refractivity contribution >= 4 is 76.3 Å². The number of rotatable bonds is 3. The summed E-state index contributed by atoms with van der Waals surface area (Å²) < 4.78 is 15.2. The van der Waals surface area contributed by atoms with E-state index >= 15 is 0 Å². The Bertz CT molecular complexity index is 3050. The van der Waals surface area contributed by atoms with Gasteiger partial charge in [0, 0.05) is 43.7 Å². The molecule has 8 aromatic carbocycles. The fourth-order valence-electron chi connectivity index (χ4n) is 8.25. The van der Waals surface area contributed by atoms with Crippen LogP contribution in [-0.4, -0.2) is 4.57 Å². The third-order valence-electron chi connectivity index (χ3n) is 10.3.